The van der Waals surface area contributed by atoms with Crippen molar-refractivity contribution in [2.24, 2.45) is 0 Å². The van der Waals surface area contributed by atoms with Gasteiger partial charge in [0.2, 0.25) is 5.89 Å². The van der Waals surface area contributed by atoms with Crippen molar-refractivity contribution >= 4 is 28.8 Å². The maximum Gasteiger partial charge on any atom is 0.257 e. The van der Waals surface area contributed by atoms with Crippen molar-refractivity contribution in [1.29, 1.82) is 0 Å². The molecule has 0 aliphatic carbocycles. The Balaban J connectivity index is 1.42. The summed E-state index contributed by atoms with van der Waals surface area (Å²) in [5.41, 5.74) is 0.558. The highest BCUT2D eigenvalue weighted by Crippen LogP contribution is 2.27. The monoisotopic (exact) mass is 416 g/mol. The zero-order valence-electron chi connectivity index (χ0n) is 15.5. The highest BCUT2D eigenvalue weighted by molar-refractivity contribution is 7.13. The summed E-state index contributed by atoms with van der Waals surface area (Å²) in [6.45, 7) is 5.02. The Labute approximate surface area is 172 Å². The number of amides is 1. The third-order valence-electron chi connectivity index (χ3n) is 5.00. The molecule has 3 heterocycles. The lowest BCUT2D eigenvalue weighted by Gasteiger charge is -2.25. The molecular formula is C20H21ClN4O2S. The van der Waals surface area contributed by atoms with E-state index in [2.05, 4.69) is 22.0 Å². The minimum absolute atomic E-state index is 0.00317. The van der Waals surface area contributed by atoms with Crippen molar-refractivity contribution in [3.05, 3.63) is 58.3 Å². The van der Waals surface area contributed by atoms with E-state index in [1.165, 1.54) is 0 Å². The van der Waals surface area contributed by atoms with Gasteiger partial charge in [0.1, 0.15) is 0 Å². The molecule has 1 saturated heterocycles. The van der Waals surface area contributed by atoms with E-state index in [0.717, 1.165) is 24.4 Å². The van der Waals surface area contributed by atoms with Gasteiger partial charge in [-0.05, 0) is 36.9 Å². The molecule has 0 spiro atoms. The van der Waals surface area contributed by atoms with E-state index in [0.29, 0.717) is 35.5 Å². The molecule has 1 fully saturated rings. The fraction of sp³-hybridized carbons (Fsp3) is 0.350. The van der Waals surface area contributed by atoms with Crippen LogP contribution >= 0.6 is 22.9 Å². The molecule has 2 aromatic heterocycles. The van der Waals surface area contributed by atoms with Gasteiger partial charge in [-0.3, -0.25) is 9.69 Å². The van der Waals surface area contributed by atoms with Gasteiger partial charge in [-0.15, -0.1) is 21.5 Å². The molecular weight excluding hydrogens is 396 g/mol. The second-order valence-corrected chi connectivity index (χ2v) is 8.12. The third-order valence-corrected chi connectivity index (χ3v) is 6.19. The smallest absolute Gasteiger partial charge is 0.257 e. The minimum atomic E-state index is -0.0159. The average Bonchev–Trinajstić information content (AvgIpc) is 3.35. The molecule has 146 valence electrons. The largest absolute Gasteiger partial charge is 0.418 e. The second-order valence-electron chi connectivity index (χ2n) is 6.76. The quantitative estimate of drug-likeness (QED) is 0.632. The van der Waals surface area contributed by atoms with Crippen LogP contribution in [0, 0.1) is 0 Å². The van der Waals surface area contributed by atoms with E-state index in [1.807, 2.05) is 34.5 Å². The Morgan fingerprint density at radius 2 is 2.00 bits per heavy atom. The number of hydrogen-bond donors (Lipinski definition) is 0. The Hall–Kier alpha value is -2.22. The lowest BCUT2D eigenvalue weighted by atomic mass is 10.2. The molecule has 1 aliphatic heterocycles. The second kappa shape index (κ2) is 8.43. The van der Waals surface area contributed by atoms with Crippen molar-refractivity contribution in [3.8, 4) is 10.8 Å². The molecule has 0 radical (unpaired) electrons. The van der Waals surface area contributed by atoms with Gasteiger partial charge in [0.15, 0.2) is 0 Å². The summed E-state index contributed by atoms with van der Waals surface area (Å²) in [7, 11) is 0. The van der Waals surface area contributed by atoms with E-state index >= 15 is 0 Å². The normalized spacial score (nSPS) is 16.7. The molecule has 1 aliphatic rings. The number of nitrogens with zero attached hydrogens (tertiary/aromatic N) is 4. The number of rotatable bonds is 4. The minimum Gasteiger partial charge on any atom is -0.418 e. The van der Waals surface area contributed by atoms with E-state index in [-0.39, 0.29) is 11.9 Å². The van der Waals surface area contributed by atoms with Gasteiger partial charge in [-0.1, -0.05) is 29.8 Å². The highest BCUT2D eigenvalue weighted by Gasteiger charge is 2.27. The van der Waals surface area contributed by atoms with Crippen LogP contribution in [0.4, 0.5) is 0 Å². The summed E-state index contributed by atoms with van der Waals surface area (Å²) in [4.78, 5) is 18.0. The van der Waals surface area contributed by atoms with E-state index in [9.17, 15) is 4.79 Å². The van der Waals surface area contributed by atoms with Gasteiger partial charge in [0.05, 0.1) is 21.5 Å². The van der Waals surface area contributed by atoms with Crippen LogP contribution in [0.1, 0.15) is 35.6 Å². The van der Waals surface area contributed by atoms with Crippen molar-refractivity contribution in [2.75, 3.05) is 26.2 Å². The predicted octanol–water partition coefficient (Wildman–Crippen LogP) is 4.36. The Morgan fingerprint density at radius 1 is 1.14 bits per heavy atom. The highest BCUT2D eigenvalue weighted by atomic mass is 35.5. The number of aromatic nitrogens is 2. The summed E-state index contributed by atoms with van der Waals surface area (Å²) >= 11 is 7.78. The number of halogens is 1. The SMILES string of the molecule is CC(c1nnc(-c2cccs2)o1)N1CCCN(C(=O)c2ccccc2Cl)CC1. The van der Waals surface area contributed by atoms with Gasteiger partial charge >= 0.3 is 0 Å². The average molecular weight is 417 g/mol. The summed E-state index contributed by atoms with van der Waals surface area (Å²) in [6.07, 6.45) is 0.881. The molecule has 1 atom stereocenters. The third kappa shape index (κ3) is 3.97. The summed E-state index contributed by atoms with van der Waals surface area (Å²) in [6, 6.07) is 11.1. The van der Waals surface area contributed by atoms with E-state index < -0.39 is 0 Å². The molecule has 3 aromatic rings. The molecule has 1 unspecified atom stereocenters. The summed E-state index contributed by atoms with van der Waals surface area (Å²) in [5, 5.41) is 10.9. The molecule has 1 amide bonds. The molecule has 4 rings (SSSR count). The zero-order valence-corrected chi connectivity index (χ0v) is 17.1. The van der Waals surface area contributed by atoms with Gasteiger partial charge in [0.25, 0.3) is 11.8 Å². The van der Waals surface area contributed by atoms with Crippen LogP contribution in [-0.4, -0.2) is 52.1 Å². The van der Waals surface area contributed by atoms with Gasteiger partial charge in [0, 0.05) is 26.2 Å². The first kappa shape index (κ1) is 19.1. The van der Waals surface area contributed by atoms with Crippen LogP contribution in [0.25, 0.3) is 10.8 Å². The van der Waals surface area contributed by atoms with Crippen LogP contribution in [0.2, 0.25) is 5.02 Å². The zero-order chi connectivity index (χ0) is 19.5. The number of benzene rings is 1. The molecule has 0 saturated carbocycles. The van der Waals surface area contributed by atoms with E-state index in [4.69, 9.17) is 16.0 Å². The maximum absolute atomic E-state index is 12.8. The fourth-order valence-corrected chi connectivity index (χ4v) is 4.25. The summed E-state index contributed by atoms with van der Waals surface area (Å²) < 4.78 is 5.89. The van der Waals surface area contributed by atoms with Crippen molar-refractivity contribution in [2.45, 2.75) is 19.4 Å². The first-order valence-corrected chi connectivity index (χ1v) is 10.5. The van der Waals surface area contributed by atoms with Crippen molar-refractivity contribution in [1.82, 2.24) is 20.0 Å². The molecule has 0 N–H and O–H groups in total. The Morgan fingerprint density at radius 3 is 2.79 bits per heavy atom. The van der Waals surface area contributed by atoms with Crippen LogP contribution in [0.3, 0.4) is 0 Å². The Kier molecular flexibility index (Phi) is 5.75. The lowest BCUT2D eigenvalue weighted by Crippen LogP contribution is -2.36. The predicted molar refractivity (Wildman–Crippen MR) is 110 cm³/mol. The first-order valence-electron chi connectivity index (χ1n) is 9.28. The van der Waals surface area contributed by atoms with Crippen molar-refractivity contribution < 1.29 is 9.21 Å². The Bertz CT molecular complexity index is 943. The van der Waals surface area contributed by atoms with Crippen LogP contribution in [0.15, 0.2) is 46.2 Å². The summed E-state index contributed by atoms with van der Waals surface area (Å²) in [5.74, 6) is 1.15. The van der Waals surface area contributed by atoms with Crippen LogP contribution < -0.4 is 0 Å². The first-order chi connectivity index (χ1) is 13.6. The molecule has 1 aromatic carbocycles. The maximum atomic E-state index is 12.8. The van der Waals surface area contributed by atoms with Gasteiger partial charge < -0.3 is 9.32 Å². The van der Waals surface area contributed by atoms with Crippen LogP contribution in [0.5, 0.6) is 0 Å². The lowest BCUT2D eigenvalue weighted by molar-refractivity contribution is 0.0757. The topological polar surface area (TPSA) is 62.5 Å². The molecule has 28 heavy (non-hydrogen) atoms. The molecule has 0 bridgehead atoms. The number of hydrogen-bond acceptors (Lipinski definition) is 6. The number of carbonyl (C=O) groups is 1. The van der Waals surface area contributed by atoms with Gasteiger partial charge in [-0.25, -0.2) is 0 Å². The number of carbonyl (C=O) groups excluding carboxylic acids is 1. The molecule has 6 nitrogen and oxygen atoms in total. The van der Waals surface area contributed by atoms with Crippen LogP contribution in [-0.2, 0) is 0 Å². The van der Waals surface area contributed by atoms with E-state index in [1.54, 1.807) is 23.5 Å². The van der Waals surface area contributed by atoms with Gasteiger partial charge in [-0.2, -0.15) is 0 Å². The molecule has 8 heteroatoms. The number of thiophene rings is 1. The standard InChI is InChI=1S/C20H21ClN4O2S/c1-14(18-22-23-19(27-18)17-8-4-13-28-17)24-9-5-10-25(12-11-24)20(26)15-6-2-3-7-16(15)21/h2-4,6-8,13-14H,5,9-12H2,1H3. The fourth-order valence-electron chi connectivity index (χ4n) is 3.39. The van der Waals surface area contributed by atoms with Crippen molar-refractivity contribution in [3.63, 3.8) is 0 Å².